The molecule has 0 spiro atoms. The number of hydrogen-bond donors (Lipinski definition) is 1. The molecule has 5 aromatic rings. The fourth-order valence-corrected chi connectivity index (χ4v) is 6.81. The number of thioether (sulfide) groups is 1. The molecule has 0 saturated heterocycles. The van der Waals surface area contributed by atoms with Crippen molar-refractivity contribution in [1.82, 2.24) is 10.2 Å². The molecular weight excluding hydrogens is 619 g/mol. The number of aromatic nitrogens is 2. The van der Waals surface area contributed by atoms with Gasteiger partial charge in [0, 0.05) is 5.75 Å². The van der Waals surface area contributed by atoms with E-state index >= 15 is 0 Å². The zero-order chi connectivity index (χ0) is 31.9. The summed E-state index contributed by atoms with van der Waals surface area (Å²) in [4.78, 5) is 28.7. The van der Waals surface area contributed by atoms with Gasteiger partial charge in [0.25, 0.3) is 5.91 Å². The number of anilines is 1. The maximum Gasteiger partial charge on any atom is 0.296 e. The van der Waals surface area contributed by atoms with Crippen molar-refractivity contribution in [3.05, 3.63) is 149 Å². The first-order valence-electron chi connectivity index (χ1n) is 14.4. The summed E-state index contributed by atoms with van der Waals surface area (Å²) in [7, 11) is 1.52. The van der Waals surface area contributed by atoms with Crippen LogP contribution >= 0.6 is 23.1 Å². The number of methoxy groups -OCH3 is 1. The molecule has 2 heterocycles. The third-order valence-corrected chi connectivity index (χ3v) is 9.37. The van der Waals surface area contributed by atoms with Gasteiger partial charge in [-0.1, -0.05) is 126 Å². The van der Waals surface area contributed by atoms with Crippen molar-refractivity contribution in [3.63, 3.8) is 0 Å². The Bertz CT molecular complexity index is 1890. The monoisotopic (exact) mass is 647 g/mol. The highest BCUT2D eigenvalue weighted by molar-refractivity contribution is 8.00. The van der Waals surface area contributed by atoms with Gasteiger partial charge in [-0.25, -0.2) is 0 Å². The van der Waals surface area contributed by atoms with Crippen LogP contribution in [0.5, 0.6) is 11.5 Å². The molecule has 1 unspecified atom stereocenters. The quantitative estimate of drug-likeness (QED) is 0.0839. The second-order valence-corrected chi connectivity index (χ2v) is 12.4. The van der Waals surface area contributed by atoms with Crippen molar-refractivity contribution in [2.24, 2.45) is 0 Å². The summed E-state index contributed by atoms with van der Waals surface area (Å²) in [6.45, 7) is 0.327. The SMILES string of the molecule is COc1cc(C2C(C(=O)/C=C/c3ccccc3)=C(O)C(=O)N2c2nnc(SCc3ccccc3)s2)ccc1OCc1ccccc1. The van der Waals surface area contributed by atoms with E-state index < -0.39 is 23.5 Å². The first-order chi connectivity index (χ1) is 22.5. The highest BCUT2D eigenvalue weighted by Gasteiger charge is 2.45. The summed E-state index contributed by atoms with van der Waals surface area (Å²) in [6, 6.07) is 33.2. The lowest BCUT2D eigenvalue weighted by molar-refractivity contribution is -0.117. The Balaban J connectivity index is 1.33. The molecule has 0 fully saturated rings. The van der Waals surface area contributed by atoms with Crippen molar-refractivity contribution >= 4 is 46.0 Å². The molecule has 0 bridgehead atoms. The van der Waals surface area contributed by atoms with Gasteiger partial charge in [-0.3, -0.25) is 14.5 Å². The molecule has 1 atom stereocenters. The second-order valence-electron chi connectivity index (χ2n) is 10.3. The number of hydrogen-bond acceptors (Lipinski definition) is 9. The van der Waals surface area contributed by atoms with E-state index in [9.17, 15) is 14.7 Å². The summed E-state index contributed by atoms with van der Waals surface area (Å²) < 4.78 is 12.4. The lowest BCUT2D eigenvalue weighted by Gasteiger charge is -2.24. The van der Waals surface area contributed by atoms with Crippen LogP contribution in [0.15, 0.2) is 131 Å². The Morgan fingerprint density at radius 2 is 1.59 bits per heavy atom. The average Bonchev–Trinajstić information content (AvgIpc) is 3.68. The number of amides is 1. The highest BCUT2D eigenvalue weighted by Crippen LogP contribution is 2.45. The van der Waals surface area contributed by atoms with Gasteiger partial charge < -0.3 is 14.6 Å². The maximum atomic E-state index is 13.7. The Kier molecular flexibility index (Phi) is 9.56. The standard InChI is InChI=1S/C36H29N3O5S2/c1-43-30-21-27(18-20-29(30)44-22-25-13-7-3-8-14-25)32-31(28(40)19-17-24-11-5-2-6-12-24)33(41)34(42)39(32)35-37-38-36(46-35)45-23-26-15-9-4-10-16-26/h2-21,32,41H,22-23H2,1H3/b19-17+. The van der Waals surface area contributed by atoms with Crippen LogP contribution < -0.4 is 14.4 Å². The molecule has 1 N–H and O–H groups in total. The molecule has 1 aliphatic heterocycles. The van der Waals surface area contributed by atoms with Crippen molar-refractivity contribution in [1.29, 1.82) is 0 Å². The maximum absolute atomic E-state index is 13.7. The molecule has 0 radical (unpaired) electrons. The molecule has 46 heavy (non-hydrogen) atoms. The Hall–Kier alpha value is -5.19. The van der Waals surface area contributed by atoms with Gasteiger partial charge in [-0.15, -0.1) is 10.2 Å². The minimum atomic E-state index is -0.988. The minimum Gasteiger partial charge on any atom is -0.503 e. The summed E-state index contributed by atoms with van der Waals surface area (Å²) in [5, 5.41) is 20.0. The van der Waals surface area contributed by atoms with Gasteiger partial charge in [-0.2, -0.15) is 0 Å². The van der Waals surface area contributed by atoms with Crippen molar-refractivity contribution in [3.8, 4) is 11.5 Å². The molecule has 8 nitrogen and oxygen atoms in total. The Morgan fingerprint density at radius 3 is 2.28 bits per heavy atom. The smallest absolute Gasteiger partial charge is 0.296 e. The zero-order valence-corrected chi connectivity index (χ0v) is 26.4. The topological polar surface area (TPSA) is 102 Å². The van der Waals surface area contributed by atoms with Crippen molar-refractivity contribution in [2.75, 3.05) is 12.0 Å². The van der Waals surface area contributed by atoms with E-state index in [4.69, 9.17) is 9.47 Å². The summed E-state index contributed by atoms with van der Waals surface area (Å²) in [6.07, 6.45) is 3.01. The molecule has 1 aromatic heterocycles. The predicted molar refractivity (Wildman–Crippen MR) is 180 cm³/mol. The molecule has 6 rings (SSSR count). The molecule has 0 aliphatic carbocycles. The van der Waals surface area contributed by atoms with Crippen molar-refractivity contribution in [2.45, 2.75) is 22.7 Å². The number of carbonyl (C=O) groups excluding carboxylic acids is 2. The van der Waals surface area contributed by atoms with Crippen LogP contribution in [0.3, 0.4) is 0 Å². The fraction of sp³-hybridized carbons (Fsp3) is 0.111. The Labute approximate surface area is 274 Å². The third-order valence-electron chi connectivity index (χ3n) is 7.25. The van der Waals surface area contributed by atoms with E-state index in [0.29, 0.717) is 33.8 Å². The van der Waals surface area contributed by atoms with Gasteiger partial charge in [-0.05, 0) is 40.5 Å². The molecular formula is C36H29N3O5S2. The van der Waals surface area contributed by atoms with Gasteiger partial charge in [0.2, 0.25) is 5.13 Å². The number of ether oxygens (including phenoxy) is 2. The molecule has 1 aliphatic rings. The lowest BCUT2D eigenvalue weighted by atomic mass is 9.95. The summed E-state index contributed by atoms with van der Waals surface area (Å²) in [5.41, 5.74) is 3.39. The zero-order valence-electron chi connectivity index (χ0n) is 24.8. The van der Waals surface area contributed by atoms with Gasteiger partial charge in [0.1, 0.15) is 6.61 Å². The van der Waals surface area contributed by atoms with Crippen LogP contribution in [-0.4, -0.2) is 34.1 Å². The van der Waals surface area contributed by atoms with E-state index in [1.165, 1.54) is 41.2 Å². The van der Waals surface area contributed by atoms with E-state index in [1.54, 1.807) is 24.3 Å². The molecule has 0 saturated carbocycles. The first-order valence-corrected chi connectivity index (χ1v) is 16.2. The number of allylic oxidation sites excluding steroid dienone is 1. The lowest BCUT2D eigenvalue weighted by Crippen LogP contribution is -2.30. The van der Waals surface area contributed by atoms with E-state index in [1.807, 2.05) is 91.0 Å². The van der Waals surface area contributed by atoms with Gasteiger partial charge in [0.15, 0.2) is 27.4 Å². The molecule has 10 heteroatoms. The molecule has 1 amide bonds. The molecule has 4 aromatic carbocycles. The van der Waals surface area contributed by atoms with Gasteiger partial charge >= 0.3 is 0 Å². The van der Waals surface area contributed by atoms with E-state index in [0.717, 1.165) is 16.7 Å². The number of ketones is 1. The summed E-state index contributed by atoms with van der Waals surface area (Å²) >= 11 is 2.71. The number of aliphatic hydroxyl groups is 1. The van der Waals surface area contributed by atoms with E-state index in [-0.39, 0.29) is 10.7 Å². The van der Waals surface area contributed by atoms with E-state index in [2.05, 4.69) is 10.2 Å². The van der Waals surface area contributed by atoms with Gasteiger partial charge in [0.05, 0.1) is 18.7 Å². The number of carbonyl (C=O) groups is 2. The first kappa shape index (κ1) is 30.8. The van der Waals surface area contributed by atoms with Crippen LogP contribution in [0.2, 0.25) is 0 Å². The predicted octanol–water partition coefficient (Wildman–Crippen LogP) is 7.60. The van der Waals surface area contributed by atoms with Crippen LogP contribution in [0.1, 0.15) is 28.3 Å². The van der Waals surface area contributed by atoms with Crippen LogP contribution in [-0.2, 0) is 21.9 Å². The number of rotatable bonds is 12. The number of aliphatic hydroxyl groups excluding tert-OH is 1. The second kappa shape index (κ2) is 14.3. The largest absolute Gasteiger partial charge is 0.503 e. The Morgan fingerprint density at radius 1 is 0.913 bits per heavy atom. The molecule has 230 valence electrons. The number of benzene rings is 4. The minimum absolute atomic E-state index is 0.0640. The fourth-order valence-electron chi connectivity index (χ4n) is 4.98. The third kappa shape index (κ3) is 6.88. The van der Waals surface area contributed by atoms with Crippen molar-refractivity contribution < 1.29 is 24.2 Å². The van der Waals surface area contributed by atoms with Crippen LogP contribution in [0, 0.1) is 0 Å². The highest BCUT2D eigenvalue weighted by atomic mass is 32.2. The van der Waals surface area contributed by atoms with Crippen LogP contribution in [0.25, 0.3) is 6.08 Å². The average molecular weight is 648 g/mol. The van der Waals surface area contributed by atoms with Crippen LogP contribution in [0.4, 0.5) is 5.13 Å². The normalized spacial score (nSPS) is 14.7. The summed E-state index contributed by atoms with van der Waals surface area (Å²) in [5.74, 6) is -0.299. The number of nitrogens with zero attached hydrogens (tertiary/aromatic N) is 3.